The largest absolute Gasteiger partial charge is 0.445 e. The molecule has 2 N–H and O–H groups in total. The molecular weight excluding hydrogens is 354 g/mol. The first kappa shape index (κ1) is 19.1. The van der Waals surface area contributed by atoms with E-state index in [1.807, 2.05) is 30.3 Å². The van der Waals surface area contributed by atoms with Crippen molar-refractivity contribution < 1.29 is 23.0 Å². The van der Waals surface area contributed by atoms with Gasteiger partial charge in [0.1, 0.15) is 12.4 Å². The molecule has 5 nitrogen and oxygen atoms in total. The highest BCUT2D eigenvalue weighted by molar-refractivity contribution is 5.67. The van der Waals surface area contributed by atoms with Gasteiger partial charge in [-0.2, -0.15) is 8.78 Å². The van der Waals surface area contributed by atoms with Crippen LogP contribution in [-0.4, -0.2) is 24.8 Å². The zero-order valence-corrected chi connectivity index (χ0v) is 14.7. The van der Waals surface area contributed by atoms with Gasteiger partial charge in [0.2, 0.25) is 0 Å². The average Bonchev–Trinajstić information content (AvgIpc) is 2.63. The molecule has 0 aromatic heterocycles. The number of benzene rings is 2. The Morgan fingerprint density at radius 2 is 1.70 bits per heavy atom. The highest BCUT2D eigenvalue weighted by Crippen LogP contribution is 2.21. The highest BCUT2D eigenvalue weighted by atomic mass is 19.3. The standard InChI is InChI=1S/C20H22F2N2O3/c21-19(22)27-18-8-6-14(7-9-18)12-23-16-10-17(11-16)24-20(25)26-13-15-4-2-1-3-5-15/h1-9,16-17,19,23H,10-13H2,(H,24,25). The van der Waals surface area contributed by atoms with Gasteiger partial charge in [-0.3, -0.25) is 0 Å². The third-order valence-electron chi connectivity index (χ3n) is 4.42. The second-order valence-electron chi connectivity index (χ2n) is 6.47. The second kappa shape index (κ2) is 9.32. The third kappa shape index (κ3) is 6.21. The molecule has 0 aliphatic heterocycles. The summed E-state index contributed by atoms with van der Waals surface area (Å²) in [5, 5.41) is 6.23. The molecule has 1 aliphatic carbocycles. The van der Waals surface area contributed by atoms with Crippen LogP contribution in [0.25, 0.3) is 0 Å². The van der Waals surface area contributed by atoms with Gasteiger partial charge in [-0.1, -0.05) is 42.5 Å². The molecule has 1 fully saturated rings. The first-order valence-corrected chi connectivity index (χ1v) is 8.83. The number of rotatable bonds is 8. The van der Waals surface area contributed by atoms with Crippen LogP contribution < -0.4 is 15.4 Å². The van der Waals surface area contributed by atoms with E-state index in [1.54, 1.807) is 12.1 Å². The summed E-state index contributed by atoms with van der Waals surface area (Å²) in [5.74, 6) is 0.149. The Kier molecular flexibility index (Phi) is 6.59. The molecule has 0 bridgehead atoms. The molecule has 1 aliphatic rings. The van der Waals surface area contributed by atoms with Crippen LogP contribution in [-0.2, 0) is 17.9 Å². The lowest BCUT2D eigenvalue weighted by molar-refractivity contribution is -0.0498. The molecule has 0 unspecified atom stereocenters. The average molecular weight is 376 g/mol. The Labute approximate surface area is 156 Å². The Bertz CT molecular complexity index is 720. The van der Waals surface area contributed by atoms with Gasteiger partial charge < -0.3 is 20.1 Å². The van der Waals surface area contributed by atoms with Crippen LogP contribution in [0.5, 0.6) is 5.75 Å². The van der Waals surface area contributed by atoms with Gasteiger partial charge >= 0.3 is 12.7 Å². The van der Waals surface area contributed by atoms with Gasteiger partial charge in [-0.15, -0.1) is 0 Å². The summed E-state index contributed by atoms with van der Waals surface area (Å²) in [6.07, 6.45) is 1.25. The maximum absolute atomic E-state index is 12.1. The van der Waals surface area contributed by atoms with Crippen LogP contribution in [0.4, 0.5) is 13.6 Å². The van der Waals surface area contributed by atoms with E-state index in [0.29, 0.717) is 12.6 Å². The fourth-order valence-electron chi connectivity index (χ4n) is 2.88. The number of hydrogen-bond donors (Lipinski definition) is 2. The first-order valence-electron chi connectivity index (χ1n) is 8.83. The molecule has 2 aromatic carbocycles. The summed E-state index contributed by atoms with van der Waals surface area (Å²) >= 11 is 0. The number of alkyl halides is 2. The quantitative estimate of drug-likeness (QED) is 0.735. The number of amides is 1. The Hall–Kier alpha value is -2.67. The summed E-state index contributed by atoms with van der Waals surface area (Å²) in [6, 6.07) is 16.5. The van der Waals surface area contributed by atoms with Gasteiger partial charge in [0.25, 0.3) is 0 Å². The summed E-state index contributed by atoms with van der Waals surface area (Å²) in [7, 11) is 0. The maximum Gasteiger partial charge on any atom is 0.407 e. The van der Waals surface area contributed by atoms with E-state index < -0.39 is 12.7 Å². The number of hydrogen-bond acceptors (Lipinski definition) is 4. The minimum absolute atomic E-state index is 0.104. The van der Waals surface area contributed by atoms with E-state index in [2.05, 4.69) is 15.4 Å². The van der Waals surface area contributed by atoms with E-state index in [9.17, 15) is 13.6 Å². The third-order valence-corrected chi connectivity index (χ3v) is 4.42. The lowest BCUT2D eigenvalue weighted by atomic mass is 9.87. The lowest BCUT2D eigenvalue weighted by Gasteiger charge is -2.36. The normalized spacial score (nSPS) is 18.6. The Morgan fingerprint density at radius 3 is 2.37 bits per heavy atom. The number of carbonyl (C=O) groups excluding carboxylic acids is 1. The Morgan fingerprint density at radius 1 is 1.00 bits per heavy atom. The number of ether oxygens (including phenoxy) is 2. The van der Waals surface area contributed by atoms with Gasteiger partial charge in [-0.25, -0.2) is 4.79 Å². The van der Waals surface area contributed by atoms with Gasteiger partial charge in [-0.05, 0) is 36.1 Å². The predicted octanol–water partition coefficient (Wildman–Crippen LogP) is 3.84. The van der Waals surface area contributed by atoms with Crippen molar-refractivity contribution in [2.24, 2.45) is 0 Å². The molecule has 27 heavy (non-hydrogen) atoms. The van der Waals surface area contributed by atoms with Crippen molar-refractivity contribution in [3.8, 4) is 5.75 Å². The van der Waals surface area contributed by atoms with E-state index in [1.165, 1.54) is 12.1 Å². The molecule has 0 spiro atoms. The smallest absolute Gasteiger partial charge is 0.407 e. The van der Waals surface area contributed by atoms with E-state index >= 15 is 0 Å². The molecule has 0 saturated heterocycles. The van der Waals surface area contributed by atoms with Crippen LogP contribution in [0.15, 0.2) is 54.6 Å². The molecule has 1 amide bonds. The van der Waals surface area contributed by atoms with Crippen molar-refractivity contribution >= 4 is 6.09 Å². The molecule has 2 aromatic rings. The summed E-state index contributed by atoms with van der Waals surface area (Å²) < 4.78 is 33.8. The molecule has 0 atom stereocenters. The molecule has 3 rings (SSSR count). The minimum Gasteiger partial charge on any atom is -0.445 e. The first-order chi connectivity index (χ1) is 13.1. The fourth-order valence-corrected chi connectivity index (χ4v) is 2.88. The van der Waals surface area contributed by atoms with Gasteiger partial charge in [0, 0.05) is 18.6 Å². The second-order valence-corrected chi connectivity index (χ2v) is 6.47. The van der Waals surface area contributed by atoms with Crippen LogP contribution in [0, 0.1) is 0 Å². The minimum atomic E-state index is -2.81. The molecule has 7 heteroatoms. The fraction of sp³-hybridized carbons (Fsp3) is 0.350. The number of halogens is 2. The molecule has 0 heterocycles. The van der Waals surface area contributed by atoms with Crippen molar-refractivity contribution in [1.82, 2.24) is 10.6 Å². The maximum atomic E-state index is 12.1. The molecule has 144 valence electrons. The number of alkyl carbamates (subject to hydrolysis) is 1. The van der Waals surface area contributed by atoms with Crippen molar-refractivity contribution in [3.63, 3.8) is 0 Å². The summed E-state index contributed by atoms with van der Waals surface area (Å²) in [5.41, 5.74) is 1.93. The SMILES string of the molecule is O=C(NC1CC(NCc2ccc(OC(F)F)cc2)C1)OCc1ccccc1. The van der Waals surface area contributed by atoms with Crippen molar-refractivity contribution in [2.45, 2.75) is 44.7 Å². The Balaban J connectivity index is 1.30. The molecule has 0 radical (unpaired) electrons. The van der Waals surface area contributed by atoms with Crippen LogP contribution in [0.3, 0.4) is 0 Å². The monoisotopic (exact) mass is 376 g/mol. The predicted molar refractivity (Wildman–Crippen MR) is 96.5 cm³/mol. The zero-order valence-electron chi connectivity index (χ0n) is 14.7. The lowest BCUT2D eigenvalue weighted by Crippen LogP contribution is -2.52. The number of nitrogens with one attached hydrogen (secondary N) is 2. The summed E-state index contributed by atoms with van der Waals surface area (Å²) in [6.45, 7) is -1.93. The van der Waals surface area contributed by atoms with Gasteiger partial charge in [0.05, 0.1) is 0 Å². The van der Waals surface area contributed by atoms with Gasteiger partial charge in [0.15, 0.2) is 0 Å². The van der Waals surface area contributed by atoms with E-state index in [4.69, 9.17) is 4.74 Å². The highest BCUT2D eigenvalue weighted by Gasteiger charge is 2.30. The zero-order chi connectivity index (χ0) is 19.1. The van der Waals surface area contributed by atoms with E-state index in [-0.39, 0.29) is 18.4 Å². The van der Waals surface area contributed by atoms with Crippen molar-refractivity contribution in [2.75, 3.05) is 0 Å². The summed E-state index contributed by atoms with van der Waals surface area (Å²) in [4.78, 5) is 11.8. The topological polar surface area (TPSA) is 59.6 Å². The van der Waals surface area contributed by atoms with Crippen molar-refractivity contribution in [3.05, 3.63) is 65.7 Å². The molecule has 1 saturated carbocycles. The van der Waals surface area contributed by atoms with Crippen LogP contribution >= 0.6 is 0 Å². The van der Waals surface area contributed by atoms with Crippen LogP contribution in [0.1, 0.15) is 24.0 Å². The van der Waals surface area contributed by atoms with Crippen LogP contribution in [0.2, 0.25) is 0 Å². The van der Waals surface area contributed by atoms with E-state index in [0.717, 1.165) is 24.0 Å². The number of carbonyl (C=O) groups is 1. The molecular formula is C20H22F2N2O3. The van der Waals surface area contributed by atoms with Crippen molar-refractivity contribution in [1.29, 1.82) is 0 Å².